The Morgan fingerprint density at radius 1 is 1.24 bits per heavy atom. The number of piperidine rings is 1. The second-order valence-electron chi connectivity index (χ2n) is 6.30. The second kappa shape index (κ2) is 8.33. The quantitative estimate of drug-likeness (QED) is 0.819. The zero-order valence-electron chi connectivity index (χ0n) is 13.7. The fourth-order valence-corrected chi connectivity index (χ4v) is 3.00. The first-order valence-corrected chi connectivity index (χ1v) is 8.15. The lowest BCUT2D eigenvalue weighted by Gasteiger charge is -2.32. The number of anilines is 1. The largest absolute Gasteiger partial charge is 0.481 e. The number of hydrogen-bond acceptors (Lipinski definition) is 3. The number of hydrogen-bond donors (Lipinski definition) is 2. The molecule has 0 aliphatic carbocycles. The molecule has 1 amide bonds. The Morgan fingerprint density at radius 2 is 1.92 bits per heavy atom. The van der Waals surface area contributed by atoms with Crippen LogP contribution >= 0.6 is 0 Å². The first kappa shape index (κ1) is 19.2. The van der Waals surface area contributed by atoms with Crippen molar-refractivity contribution in [3.8, 4) is 0 Å². The van der Waals surface area contributed by atoms with Crippen molar-refractivity contribution in [2.45, 2.75) is 31.9 Å². The van der Waals surface area contributed by atoms with Gasteiger partial charge in [0.2, 0.25) is 5.91 Å². The average molecular weight is 358 g/mol. The Balaban J connectivity index is 1.82. The molecule has 1 heterocycles. The number of benzene rings is 1. The van der Waals surface area contributed by atoms with Gasteiger partial charge in [0.15, 0.2) is 0 Å². The predicted molar refractivity (Wildman–Crippen MR) is 86.1 cm³/mol. The van der Waals surface area contributed by atoms with Gasteiger partial charge in [0.05, 0.1) is 12.1 Å². The molecule has 0 bridgehead atoms. The number of alkyl halides is 3. The number of amides is 1. The fourth-order valence-electron chi connectivity index (χ4n) is 3.00. The van der Waals surface area contributed by atoms with Gasteiger partial charge in [-0.1, -0.05) is 0 Å². The van der Waals surface area contributed by atoms with E-state index in [9.17, 15) is 22.8 Å². The average Bonchev–Trinajstić information content (AvgIpc) is 2.53. The number of rotatable bonds is 6. The summed E-state index contributed by atoms with van der Waals surface area (Å²) < 4.78 is 37.5. The summed E-state index contributed by atoms with van der Waals surface area (Å²) in [7, 11) is 0. The summed E-state index contributed by atoms with van der Waals surface area (Å²) in [6.45, 7) is 1.56. The number of nitrogens with one attached hydrogen (secondary N) is 1. The highest BCUT2D eigenvalue weighted by atomic mass is 19.4. The monoisotopic (exact) mass is 358 g/mol. The molecule has 25 heavy (non-hydrogen) atoms. The molecule has 2 rings (SSSR count). The molecule has 0 aromatic heterocycles. The highest BCUT2D eigenvalue weighted by Gasteiger charge is 2.30. The van der Waals surface area contributed by atoms with Crippen LogP contribution in [0.1, 0.15) is 31.2 Å². The van der Waals surface area contributed by atoms with Crippen LogP contribution in [0.3, 0.4) is 0 Å². The van der Waals surface area contributed by atoms with Crippen LogP contribution in [0.25, 0.3) is 0 Å². The smallest absolute Gasteiger partial charge is 0.416 e. The first-order valence-electron chi connectivity index (χ1n) is 8.15. The van der Waals surface area contributed by atoms with Crippen LogP contribution in [0, 0.1) is 5.92 Å². The van der Waals surface area contributed by atoms with Crippen molar-refractivity contribution in [2.75, 3.05) is 25.0 Å². The summed E-state index contributed by atoms with van der Waals surface area (Å²) in [5, 5.41) is 11.3. The number of carboxylic acid groups (broad SMARTS) is 1. The van der Waals surface area contributed by atoms with Crippen LogP contribution in [0.2, 0.25) is 0 Å². The zero-order chi connectivity index (χ0) is 18.4. The second-order valence-corrected chi connectivity index (χ2v) is 6.30. The summed E-state index contributed by atoms with van der Waals surface area (Å²) in [6, 6.07) is 4.32. The molecule has 1 saturated heterocycles. The van der Waals surface area contributed by atoms with E-state index < -0.39 is 17.7 Å². The SMILES string of the molecule is O=C(O)CCC1CCCN(CC(=O)Nc2ccc(C(F)(F)F)cc2)C1. The van der Waals surface area contributed by atoms with E-state index in [-0.39, 0.29) is 24.8 Å². The zero-order valence-corrected chi connectivity index (χ0v) is 13.7. The maximum atomic E-state index is 12.5. The third-order valence-electron chi connectivity index (χ3n) is 4.23. The van der Waals surface area contributed by atoms with Crippen molar-refractivity contribution in [3.05, 3.63) is 29.8 Å². The number of likely N-dealkylation sites (tertiary alicyclic amines) is 1. The van der Waals surface area contributed by atoms with Gasteiger partial charge in [-0.25, -0.2) is 0 Å². The molecule has 0 saturated carbocycles. The third kappa shape index (κ3) is 6.38. The minimum atomic E-state index is -4.40. The normalized spacial score (nSPS) is 18.8. The Labute approximate surface area is 143 Å². The van der Waals surface area contributed by atoms with Crippen LogP contribution < -0.4 is 5.32 Å². The molecule has 0 radical (unpaired) electrons. The molecule has 1 aromatic rings. The molecular formula is C17H21F3N2O3. The fraction of sp³-hybridized carbons (Fsp3) is 0.529. The molecule has 1 fully saturated rings. The lowest BCUT2D eigenvalue weighted by molar-refractivity contribution is -0.138. The number of carbonyl (C=O) groups excluding carboxylic acids is 1. The minimum absolute atomic E-state index is 0.121. The minimum Gasteiger partial charge on any atom is -0.481 e. The lowest BCUT2D eigenvalue weighted by atomic mass is 9.93. The van der Waals surface area contributed by atoms with Gasteiger partial charge in [0.1, 0.15) is 0 Å². The molecule has 8 heteroatoms. The summed E-state index contributed by atoms with van der Waals surface area (Å²) in [4.78, 5) is 24.7. The Kier molecular flexibility index (Phi) is 6.41. The number of halogens is 3. The molecule has 1 aromatic carbocycles. The molecule has 138 valence electrons. The molecule has 1 aliphatic heterocycles. The summed E-state index contributed by atoms with van der Waals surface area (Å²) in [5.74, 6) is -0.862. The van der Waals surface area contributed by atoms with Crippen molar-refractivity contribution in [1.29, 1.82) is 0 Å². The van der Waals surface area contributed by atoms with E-state index in [1.165, 1.54) is 12.1 Å². The van der Waals surface area contributed by atoms with Crippen LogP contribution in [-0.4, -0.2) is 41.5 Å². The van der Waals surface area contributed by atoms with Crippen LogP contribution in [0.4, 0.5) is 18.9 Å². The Hall–Kier alpha value is -2.09. The molecule has 1 atom stereocenters. The molecule has 1 aliphatic rings. The van der Waals surface area contributed by atoms with Gasteiger partial charge in [-0.15, -0.1) is 0 Å². The number of carbonyl (C=O) groups is 2. The van der Waals surface area contributed by atoms with E-state index in [1.807, 2.05) is 4.90 Å². The molecule has 2 N–H and O–H groups in total. The van der Waals surface area contributed by atoms with E-state index in [1.54, 1.807) is 0 Å². The first-order chi connectivity index (χ1) is 11.7. The topological polar surface area (TPSA) is 69.6 Å². The maximum absolute atomic E-state index is 12.5. The predicted octanol–water partition coefficient (Wildman–Crippen LogP) is 3.22. The molecule has 0 spiro atoms. The highest BCUT2D eigenvalue weighted by Crippen LogP contribution is 2.29. The van der Waals surface area contributed by atoms with Crippen molar-refractivity contribution < 1.29 is 27.9 Å². The van der Waals surface area contributed by atoms with Gasteiger partial charge >= 0.3 is 12.1 Å². The van der Waals surface area contributed by atoms with Gasteiger partial charge in [-0.3, -0.25) is 14.5 Å². The summed E-state index contributed by atoms with van der Waals surface area (Å²) >= 11 is 0. The van der Waals surface area contributed by atoms with Crippen LogP contribution in [0.5, 0.6) is 0 Å². The molecular weight excluding hydrogens is 337 g/mol. The Morgan fingerprint density at radius 3 is 2.52 bits per heavy atom. The van der Waals surface area contributed by atoms with Crippen molar-refractivity contribution in [3.63, 3.8) is 0 Å². The Bertz CT molecular complexity index is 602. The third-order valence-corrected chi connectivity index (χ3v) is 4.23. The van der Waals surface area contributed by atoms with Gasteiger partial charge in [-0.05, 0) is 56.0 Å². The van der Waals surface area contributed by atoms with E-state index >= 15 is 0 Å². The van der Waals surface area contributed by atoms with Crippen LogP contribution in [0.15, 0.2) is 24.3 Å². The molecule has 1 unspecified atom stereocenters. The van der Waals surface area contributed by atoms with Crippen molar-refractivity contribution >= 4 is 17.6 Å². The van der Waals surface area contributed by atoms with Gasteiger partial charge < -0.3 is 10.4 Å². The van der Waals surface area contributed by atoms with E-state index in [0.29, 0.717) is 18.7 Å². The number of nitrogens with zero attached hydrogens (tertiary/aromatic N) is 1. The highest BCUT2D eigenvalue weighted by molar-refractivity contribution is 5.92. The van der Waals surface area contributed by atoms with Crippen molar-refractivity contribution in [2.24, 2.45) is 5.92 Å². The van der Waals surface area contributed by atoms with Gasteiger partial charge in [0, 0.05) is 18.7 Å². The number of carboxylic acids is 1. The van der Waals surface area contributed by atoms with Gasteiger partial charge in [-0.2, -0.15) is 13.2 Å². The summed E-state index contributed by atoms with van der Waals surface area (Å²) in [5.41, 5.74) is -0.444. The van der Waals surface area contributed by atoms with E-state index in [0.717, 1.165) is 31.5 Å². The van der Waals surface area contributed by atoms with E-state index in [4.69, 9.17) is 5.11 Å². The standard InChI is InChI=1S/C17H21F3N2O3/c18-17(19,20)13-4-6-14(7-5-13)21-15(23)11-22-9-1-2-12(10-22)3-8-16(24)25/h4-7,12H,1-3,8-11H2,(H,21,23)(H,24,25). The lowest BCUT2D eigenvalue weighted by Crippen LogP contribution is -2.40. The van der Waals surface area contributed by atoms with Crippen molar-refractivity contribution in [1.82, 2.24) is 4.90 Å². The van der Waals surface area contributed by atoms with E-state index in [2.05, 4.69) is 5.32 Å². The van der Waals surface area contributed by atoms with Crippen LogP contribution in [-0.2, 0) is 15.8 Å². The summed E-state index contributed by atoms with van der Waals surface area (Å²) in [6.07, 6.45) is -1.84. The van der Waals surface area contributed by atoms with Gasteiger partial charge in [0.25, 0.3) is 0 Å². The molecule has 5 nitrogen and oxygen atoms in total. The maximum Gasteiger partial charge on any atom is 0.416 e. The number of aliphatic carboxylic acids is 1.